The molecule has 4 aliphatic rings. The molecule has 2 bridgehead atoms. The first-order chi connectivity index (χ1) is 49.1. The fraction of sp³-hybridized carbons (Fsp3) is 0.639. The first kappa shape index (κ1) is 85.2. The number of fused-ring (bicyclic) bond motifs is 3. The van der Waals surface area contributed by atoms with Crippen LogP contribution in [0, 0.1) is 23.5 Å². The summed E-state index contributed by atoms with van der Waals surface area (Å²) in [6.07, 6.45) is -9.24. The number of carbonyl (C=O) groups is 12. The molecule has 3 fully saturated rings. The molecule has 10 atom stereocenters. The molecule has 12 amide bonds. The molecule has 105 heavy (non-hydrogen) atoms. The van der Waals surface area contributed by atoms with Gasteiger partial charge in [0.1, 0.15) is 71.1 Å². The van der Waals surface area contributed by atoms with Crippen LogP contribution in [-0.4, -0.2) is 264 Å². The summed E-state index contributed by atoms with van der Waals surface area (Å²) in [6.45, 7) is 7.77. The molecule has 3 N–H and O–H groups in total. The van der Waals surface area contributed by atoms with Gasteiger partial charge < -0.3 is 64.8 Å². The minimum atomic E-state index is -5.46. The van der Waals surface area contributed by atoms with Crippen molar-refractivity contribution in [2.75, 3.05) is 89.2 Å². The van der Waals surface area contributed by atoms with Crippen LogP contribution in [0.5, 0.6) is 0 Å². The van der Waals surface area contributed by atoms with Crippen LogP contribution in [-0.2, 0) is 87.5 Å². The quantitative estimate of drug-likeness (QED) is 0.177. The Morgan fingerprint density at radius 2 is 1.29 bits per heavy atom. The SMILES string of the molecule is CCO[C@@H]1C[C@H]2C(=O)NC3(CCC3)C(=O)N(C)[C@@H](C(CC)CC)C(=O)N(C)[C@H](C(=O)N(C)C)CC(=O)N(C)[C@@H](C)C(=O)N[C@@H]([C@@H](C)CC)C(=O)N(C)CC(=O)N(C)[C@H]3C/C=C\CCN(C3=O)[C@@H](Cc3ccc(C(F)(F)F)cc3)C(=O)N(C)CC(=O)N[C@H](CCc3cc(F)c(C(F)(F)F)c(F)c3)C(=O)N2C1. The second-order valence-corrected chi connectivity index (χ2v) is 28.1. The Hall–Kier alpha value is -8.78. The lowest BCUT2D eigenvalue weighted by atomic mass is 9.74. The molecule has 25 nitrogen and oxygen atoms in total. The molecule has 582 valence electrons. The smallest absolute Gasteiger partial charge is 0.377 e. The number of ether oxygens (including phenoxy) is 1. The van der Waals surface area contributed by atoms with Crippen molar-refractivity contribution in [2.24, 2.45) is 11.8 Å². The normalized spacial score (nSPS) is 25.6. The van der Waals surface area contributed by atoms with E-state index in [4.69, 9.17) is 4.74 Å². The number of rotatable bonds is 13. The summed E-state index contributed by atoms with van der Waals surface area (Å²) in [5.74, 6) is -15.5. The van der Waals surface area contributed by atoms with Gasteiger partial charge in [-0.2, -0.15) is 26.3 Å². The topological polar surface area (TPSA) is 279 Å². The lowest BCUT2D eigenvalue weighted by molar-refractivity contribution is -0.158. The predicted octanol–water partition coefficient (Wildman–Crippen LogP) is 4.96. The maximum Gasteiger partial charge on any atom is 0.422 e. The first-order valence-corrected chi connectivity index (χ1v) is 35.4. The lowest BCUT2D eigenvalue weighted by Gasteiger charge is -2.47. The van der Waals surface area contributed by atoms with Gasteiger partial charge in [-0.1, -0.05) is 71.2 Å². The second kappa shape index (κ2) is 36.0. The summed E-state index contributed by atoms with van der Waals surface area (Å²) in [5, 5.41) is 8.11. The lowest BCUT2D eigenvalue weighted by Crippen LogP contribution is -2.68. The second-order valence-electron chi connectivity index (χ2n) is 28.1. The summed E-state index contributed by atoms with van der Waals surface area (Å²) in [5.41, 5.74) is -5.28. The van der Waals surface area contributed by atoms with Gasteiger partial charge in [0, 0.05) is 88.9 Å². The van der Waals surface area contributed by atoms with E-state index in [-0.39, 0.29) is 57.4 Å². The van der Waals surface area contributed by atoms with Gasteiger partial charge in [0.05, 0.1) is 31.2 Å². The average molecular weight is 1490 g/mol. The predicted molar refractivity (Wildman–Crippen MR) is 367 cm³/mol. The van der Waals surface area contributed by atoms with Crippen LogP contribution in [0.2, 0.25) is 0 Å². The number of amides is 12. The van der Waals surface area contributed by atoms with Crippen molar-refractivity contribution in [1.82, 2.24) is 60.0 Å². The van der Waals surface area contributed by atoms with Gasteiger partial charge in [0.2, 0.25) is 70.9 Å². The molecule has 0 radical (unpaired) electrons. The zero-order valence-corrected chi connectivity index (χ0v) is 62.1. The summed E-state index contributed by atoms with van der Waals surface area (Å²) >= 11 is 0. The summed E-state index contributed by atoms with van der Waals surface area (Å²) in [4.78, 5) is 188. The van der Waals surface area contributed by atoms with Gasteiger partial charge in [-0.15, -0.1) is 0 Å². The number of halogens is 8. The van der Waals surface area contributed by atoms with Crippen LogP contribution in [0.25, 0.3) is 0 Å². The Bertz CT molecular complexity index is 3530. The molecule has 2 saturated heterocycles. The number of alkyl halides is 6. The highest BCUT2D eigenvalue weighted by Gasteiger charge is 2.53. The van der Waals surface area contributed by atoms with Gasteiger partial charge in [0.15, 0.2) is 0 Å². The summed E-state index contributed by atoms with van der Waals surface area (Å²) in [6, 6.07) is -7.48. The minimum Gasteiger partial charge on any atom is -0.377 e. The van der Waals surface area contributed by atoms with E-state index < -0.39 is 222 Å². The number of nitrogens with one attached hydrogen (secondary N) is 3. The van der Waals surface area contributed by atoms with Crippen LogP contribution < -0.4 is 16.0 Å². The number of hydrogen-bond acceptors (Lipinski definition) is 13. The van der Waals surface area contributed by atoms with E-state index in [2.05, 4.69) is 16.0 Å². The van der Waals surface area contributed by atoms with E-state index >= 15 is 37.5 Å². The van der Waals surface area contributed by atoms with Crippen molar-refractivity contribution in [3.05, 3.63) is 82.4 Å². The van der Waals surface area contributed by atoms with Crippen molar-refractivity contribution in [3.8, 4) is 0 Å². The van der Waals surface area contributed by atoms with Crippen molar-refractivity contribution in [2.45, 2.75) is 197 Å². The van der Waals surface area contributed by atoms with E-state index in [9.17, 15) is 55.1 Å². The van der Waals surface area contributed by atoms with E-state index in [0.717, 1.165) is 70.5 Å². The Kier molecular flexibility index (Phi) is 29.2. The van der Waals surface area contributed by atoms with Gasteiger partial charge in [-0.05, 0) is 106 Å². The number of likely N-dealkylation sites (N-methyl/N-ethyl adjacent to an activating group) is 7. The first-order valence-electron chi connectivity index (χ1n) is 35.4. The summed E-state index contributed by atoms with van der Waals surface area (Å²) in [7, 11) is 10.4. The molecular formula is C72H100F8N12O13. The number of aryl methyl sites for hydroxylation is 1. The molecule has 1 spiro atoms. The molecule has 2 aromatic rings. The Labute approximate surface area is 607 Å². The molecule has 6 rings (SSSR count). The molecule has 0 unspecified atom stereocenters. The van der Waals surface area contributed by atoms with E-state index in [1.54, 1.807) is 46.8 Å². The van der Waals surface area contributed by atoms with Gasteiger partial charge in [-0.3, -0.25) is 57.5 Å². The largest absolute Gasteiger partial charge is 0.422 e. The molecular weight excluding hydrogens is 1390 g/mol. The van der Waals surface area contributed by atoms with E-state index in [1.165, 1.54) is 61.2 Å². The van der Waals surface area contributed by atoms with Crippen LogP contribution in [0.3, 0.4) is 0 Å². The van der Waals surface area contributed by atoms with Crippen molar-refractivity contribution in [1.29, 1.82) is 0 Å². The Morgan fingerprint density at radius 3 is 1.83 bits per heavy atom. The van der Waals surface area contributed by atoms with Crippen molar-refractivity contribution >= 4 is 70.9 Å². The highest BCUT2D eigenvalue weighted by molar-refractivity contribution is 6.01. The molecule has 1 saturated carbocycles. The Balaban J connectivity index is 1.50. The van der Waals surface area contributed by atoms with Gasteiger partial charge >= 0.3 is 12.4 Å². The standard InChI is InChI=1S/C72H100F8N12O13/c1-15-41(5)59-67(102)86(10)40-57(95)88(12)51-23-20-19-21-32-91(66(51)101)54(35-43-24-27-46(28-25-43)71(75,76)77)65(100)85(9)39-55(93)81-50(29-26-44-33-48(73)58(49(74)34-44)72(78,79)80)63(98)92-38-47(105-18-4)36-52(92)62(97)83-70(30-22-31-70)69(104)90(14)60(45(16-2)17-3)68(103)89(13)53(64(99)84(7)8)37-56(94)87(11)42(6)61(96)82-59/h19-20,24-25,27-28,33-34,41-42,45,47,50-54,59-60H,15-18,21-23,26,29-32,35-40H2,1-14H3,(H,81,93)(H,82,96)(H,83,97)/b20-19-/t41-,42-,47+,50+,51-,52-,53-,54-,59-,60-/m0/s1. The van der Waals surface area contributed by atoms with Gasteiger partial charge in [-0.25, -0.2) is 8.78 Å². The van der Waals surface area contributed by atoms with Gasteiger partial charge in [0.25, 0.3) is 0 Å². The average Bonchev–Trinajstić information content (AvgIpc) is 1.67. The number of nitrogens with zero attached hydrogens (tertiary/aromatic N) is 9. The maximum atomic E-state index is 15.4. The maximum absolute atomic E-state index is 15.4. The monoisotopic (exact) mass is 1490 g/mol. The molecule has 3 aliphatic heterocycles. The van der Waals surface area contributed by atoms with Crippen molar-refractivity contribution < 1.29 is 97.4 Å². The van der Waals surface area contributed by atoms with Crippen LogP contribution in [0.4, 0.5) is 35.1 Å². The Morgan fingerprint density at radius 1 is 0.676 bits per heavy atom. The third kappa shape index (κ3) is 20.2. The summed E-state index contributed by atoms with van der Waals surface area (Å²) < 4.78 is 120. The van der Waals surface area contributed by atoms with Crippen LogP contribution >= 0.6 is 0 Å². The molecule has 1 aliphatic carbocycles. The number of hydrogen-bond donors (Lipinski definition) is 3. The molecule has 33 heteroatoms. The highest BCUT2D eigenvalue weighted by atomic mass is 19.4. The molecule has 0 aromatic heterocycles. The zero-order chi connectivity index (χ0) is 78.7. The fourth-order valence-corrected chi connectivity index (χ4v) is 13.9. The number of carbonyl (C=O) groups excluding carboxylic acids is 12. The van der Waals surface area contributed by atoms with E-state index in [0.29, 0.717) is 37.8 Å². The zero-order valence-electron chi connectivity index (χ0n) is 62.1. The third-order valence-corrected chi connectivity index (χ3v) is 20.9. The highest BCUT2D eigenvalue weighted by Crippen LogP contribution is 2.38. The third-order valence-electron chi connectivity index (χ3n) is 20.9. The van der Waals surface area contributed by atoms with Crippen LogP contribution in [0.1, 0.15) is 134 Å². The van der Waals surface area contributed by atoms with Crippen molar-refractivity contribution in [3.63, 3.8) is 0 Å². The fourth-order valence-electron chi connectivity index (χ4n) is 13.9. The minimum absolute atomic E-state index is 0.0189. The van der Waals surface area contributed by atoms with E-state index in [1.807, 2.05) is 0 Å². The van der Waals surface area contributed by atoms with Crippen LogP contribution in [0.15, 0.2) is 48.6 Å². The molecule has 2 aromatic carbocycles. The molecule has 3 heterocycles. The number of benzene rings is 2.